The third-order valence-corrected chi connectivity index (χ3v) is 4.83. The first-order chi connectivity index (χ1) is 13.5. The van der Waals surface area contributed by atoms with E-state index in [9.17, 15) is 4.79 Å². The van der Waals surface area contributed by atoms with Gasteiger partial charge in [-0.15, -0.1) is 0 Å². The van der Waals surface area contributed by atoms with Crippen LogP contribution in [0.2, 0.25) is 10.0 Å². The Bertz CT molecular complexity index is 988. The average Bonchev–Trinajstić information content (AvgIpc) is 2.70. The van der Waals surface area contributed by atoms with Crippen molar-refractivity contribution in [1.82, 2.24) is 0 Å². The second kappa shape index (κ2) is 9.00. The van der Waals surface area contributed by atoms with Crippen LogP contribution in [0.25, 0.3) is 0 Å². The van der Waals surface area contributed by atoms with Crippen LogP contribution in [-0.2, 0) is 6.61 Å². The fourth-order valence-electron chi connectivity index (χ4n) is 2.64. The van der Waals surface area contributed by atoms with Crippen LogP contribution >= 0.6 is 23.2 Å². The smallest absolute Gasteiger partial charge is 0.259 e. The van der Waals surface area contributed by atoms with Gasteiger partial charge >= 0.3 is 0 Å². The van der Waals surface area contributed by atoms with Crippen molar-refractivity contribution in [3.05, 3.63) is 87.4 Å². The Labute approximate surface area is 174 Å². The minimum Gasteiger partial charge on any atom is -0.495 e. The molecule has 4 nitrogen and oxygen atoms in total. The van der Waals surface area contributed by atoms with Crippen LogP contribution < -0.4 is 14.8 Å². The maximum atomic E-state index is 12.9. The molecule has 0 saturated carbocycles. The number of halogens is 2. The number of para-hydroxylation sites is 1. The number of carbonyl (C=O) groups is 1. The monoisotopic (exact) mass is 415 g/mol. The highest BCUT2D eigenvalue weighted by Crippen LogP contribution is 2.32. The average molecular weight is 416 g/mol. The molecule has 0 atom stereocenters. The van der Waals surface area contributed by atoms with Crippen molar-refractivity contribution in [3.8, 4) is 11.5 Å². The van der Waals surface area contributed by atoms with Crippen LogP contribution in [0.1, 0.15) is 21.5 Å². The predicted molar refractivity (Wildman–Crippen MR) is 113 cm³/mol. The van der Waals surface area contributed by atoms with E-state index >= 15 is 0 Å². The van der Waals surface area contributed by atoms with Crippen molar-refractivity contribution in [2.75, 3.05) is 12.4 Å². The number of amides is 1. The van der Waals surface area contributed by atoms with Crippen molar-refractivity contribution in [2.24, 2.45) is 0 Å². The molecule has 0 saturated heterocycles. The molecule has 0 aliphatic carbocycles. The first-order valence-corrected chi connectivity index (χ1v) is 9.35. The lowest BCUT2D eigenvalue weighted by atomic mass is 10.1. The van der Waals surface area contributed by atoms with Gasteiger partial charge in [-0.05, 0) is 48.4 Å². The van der Waals surface area contributed by atoms with Crippen LogP contribution in [0.3, 0.4) is 0 Å². The Balaban J connectivity index is 1.79. The van der Waals surface area contributed by atoms with E-state index < -0.39 is 0 Å². The molecular formula is C22H19Cl2NO3. The second-order valence-electron chi connectivity index (χ2n) is 6.17. The molecule has 28 heavy (non-hydrogen) atoms. The lowest BCUT2D eigenvalue weighted by Gasteiger charge is -2.14. The summed E-state index contributed by atoms with van der Waals surface area (Å²) in [7, 11) is 1.53. The topological polar surface area (TPSA) is 47.6 Å². The van der Waals surface area contributed by atoms with Gasteiger partial charge in [0.25, 0.3) is 5.91 Å². The van der Waals surface area contributed by atoms with Gasteiger partial charge in [-0.3, -0.25) is 4.79 Å². The Kier molecular flexibility index (Phi) is 6.45. The minimum absolute atomic E-state index is 0.299. The summed E-state index contributed by atoms with van der Waals surface area (Å²) in [6, 6.07) is 17.9. The Hall–Kier alpha value is -2.69. The lowest BCUT2D eigenvalue weighted by Crippen LogP contribution is -2.14. The first kappa shape index (κ1) is 20.1. The molecule has 6 heteroatoms. The van der Waals surface area contributed by atoms with E-state index in [1.807, 2.05) is 25.1 Å². The fourth-order valence-corrected chi connectivity index (χ4v) is 2.92. The molecule has 0 aliphatic heterocycles. The number of hydrogen-bond donors (Lipinski definition) is 1. The summed E-state index contributed by atoms with van der Waals surface area (Å²) < 4.78 is 11.2. The van der Waals surface area contributed by atoms with Crippen molar-refractivity contribution in [2.45, 2.75) is 13.5 Å². The number of rotatable bonds is 6. The zero-order valence-corrected chi connectivity index (χ0v) is 17.0. The third-order valence-electron chi connectivity index (χ3n) is 4.17. The van der Waals surface area contributed by atoms with Gasteiger partial charge < -0.3 is 14.8 Å². The maximum Gasteiger partial charge on any atom is 0.259 e. The Morgan fingerprint density at radius 3 is 2.43 bits per heavy atom. The van der Waals surface area contributed by atoms with Crippen molar-refractivity contribution >= 4 is 34.8 Å². The number of benzene rings is 3. The lowest BCUT2D eigenvalue weighted by molar-refractivity contribution is 0.102. The number of carbonyl (C=O) groups excluding carboxylic acids is 1. The Morgan fingerprint density at radius 1 is 1.00 bits per heavy atom. The molecule has 0 fully saturated rings. The van der Waals surface area contributed by atoms with E-state index in [0.717, 1.165) is 11.1 Å². The van der Waals surface area contributed by atoms with Crippen molar-refractivity contribution in [1.29, 1.82) is 0 Å². The zero-order valence-electron chi connectivity index (χ0n) is 15.5. The van der Waals surface area contributed by atoms with Gasteiger partial charge in [-0.2, -0.15) is 0 Å². The molecule has 0 radical (unpaired) electrons. The molecule has 144 valence electrons. The summed E-state index contributed by atoms with van der Waals surface area (Å²) in [4.78, 5) is 12.9. The molecule has 3 rings (SSSR count). The van der Waals surface area contributed by atoms with E-state index in [2.05, 4.69) is 5.32 Å². The number of anilines is 1. The molecule has 0 aromatic heterocycles. The molecule has 1 N–H and O–H groups in total. The molecule has 0 bridgehead atoms. The van der Waals surface area contributed by atoms with Crippen LogP contribution in [-0.4, -0.2) is 13.0 Å². The zero-order chi connectivity index (χ0) is 20.1. The first-order valence-electron chi connectivity index (χ1n) is 8.59. The van der Waals surface area contributed by atoms with E-state index in [1.165, 1.54) is 7.11 Å². The van der Waals surface area contributed by atoms with Crippen LogP contribution in [0.4, 0.5) is 5.69 Å². The van der Waals surface area contributed by atoms with Gasteiger partial charge in [-0.1, -0.05) is 47.5 Å². The second-order valence-corrected chi connectivity index (χ2v) is 7.01. The summed E-state index contributed by atoms with van der Waals surface area (Å²) in [5.74, 6) is 0.676. The van der Waals surface area contributed by atoms with Crippen LogP contribution in [0.5, 0.6) is 11.5 Å². The standard InChI is InChI=1S/C22H19Cl2NO3/c1-14-11-19(21(27-2)12-18(14)24)25-22(26)17-5-3-4-6-20(17)28-13-15-7-9-16(23)10-8-15/h3-12H,13H2,1-2H3,(H,25,26). The highest BCUT2D eigenvalue weighted by molar-refractivity contribution is 6.31. The molecule has 3 aromatic rings. The summed E-state index contributed by atoms with van der Waals surface area (Å²) in [6.45, 7) is 2.19. The third kappa shape index (κ3) is 4.77. The van der Waals surface area contributed by atoms with Crippen LogP contribution in [0.15, 0.2) is 60.7 Å². The highest BCUT2D eigenvalue weighted by Gasteiger charge is 2.15. The molecule has 0 unspecified atom stereocenters. The van der Waals surface area contributed by atoms with Gasteiger partial charge in [0.2, 0.25) is 0 Å². The fraction of sp³-hybridized carbons (Fsp3) is 0.136. The number of nitrogens with one attached hydrogen (secondary N) is 1. The Morgan fingerprint density at radius 2 is 1.71 bits per heavy atom. The summed E-state index contributed by atoms with van der Waals surface area (Å²) in [6.07, 6.45) is 0. The van der Waals surface area contributed by atoms with E-state index in [4.69, 9.17) is 32.7 Å². The number of methoxy groups -OCH3 is 1. The molecule has 1 amide bonds. The normalized spacial score (nSPS) is 10.4. The maximum absolute atomic E-state index is 12.9. The summed E-state index contributed by atoms with van der Waals surface area (Å²) >= 11 is 12.0. The van der Waals surface area contributed by atoms with E-state index in [-0.39, 0.29) is 5.91 Å². The molecular weight excluding hydrogens is 397 g/mol. The van der Waals surface area contributed by atoms with Gasteiger partial charge in [0.05, 0.1) is 18.4 Å². The van der Waals surface area contributed by atoms with E-state index in [0.29, 0.717) is 39.4 Å². The molecule has 0 heterocycles. The SMILES string of the molecule is COc1cc(Cl)c(C)cc1NC(=O)c1ccccc1OCc1ccc(Cl)cc1. The van der Waals surface area contributed by atoms with Gasteiger partial charge in [0.15, 0.2) is 0 Å². The van der Waals surface area contributed by atoms with Gasteiger partial charge in [0, 0.05) is 16.1 Å². The van der Waals surface area contributed by atoms with E-state index in [1.54, 1.807) is 42.5 Å². The van der Waals surface area contributed by atoms with Crippen molar-refractivity contribution in [3.63, 3.8) is 0 Å². The van der Waals surface area contributed by atoms with Gasteiger partial charge in [0.1, 0.15) is 18.1 Å². The molecule has 3 aromatic carbocycles. The summed E-state index contributed by atoms with van der Waals surface area (Å²) in [5.41, 5.74) is 2.76. The minimum atomic E-state index is -0.299. The highest BCUT2D eigenvalue weighted by atomic mass is 35.5. The summed E-state index contributed by atoms with van der Waals surface area (Å²) in [5, 5.41) is 4.11. The molecule has 0 spiro atoms. The van der Waals surface area contributed by atoms with Crippen molar-refractivity contribution < 1.29 is 14.3 Å². The number of aryl methyl sites for hydroxylation is 1. The number of ether oxygens (including phenoxy) is 2. The largest absolute Gasteiger partial charge is 0.495 e. The number of hydrogen-bond acceptors (Lipinski definition) is 3. The van der Waals surface area contributed by atoms with Crippen LogP contribution in [0, 0.1) is 6.92 Å². The quantitative estimate of drug-likeness (QED) is 0.525. The van der Waals surface area contributed by atoms with Gasteiger partial charge in [-0.25, -0.2) is 0 Å². The molecule has 0 aliphatic rings. The predicted octanol–water partition coefficient (Wildman–Crippen LogP) is 6.14.